The maximum atomic E-state index is 13.4. The quantitative estimate of drug-likeness (QED) is 0.739. The fourth-order valence-corrected chi connectivity index (χ4v) is 1.91. The van der Waals surface area contributed by atoms with Crippen LogP contribution in [0.4, 0.5) is 4.39 Å². The molecule has 0 heterocycles. The smallest absolute Gasteiger partial charge is 0.224 e. The third-order valence-electron chi connectivity index (χ3n) is 2.96. The second-order valence-corrected chi connectivity index (χ2v) is 4.73. The van der Waals surface area contributed by atoms with Crippen LogP contribution in [0.5, 0.6) is 0 Å². The van der Waals surface area contributed by atoms with Gasteiger partial charge in [-0.15, -0.1) is 0 Å². The molecule has 1 N–H and O–H groups in total. The number of halogens is 1. The molecule has 3 heteroatoms. The van der Waals surface area contributed by atoms with Crippen LogP contribution in [0, 0.1) is 5.82 Å². The van der Waals surface area contributed by atoms with Gasteiger partial charge in [0.05, 0.1) is 6.42 Å². The SMILES string of the molecule is CCCCCC(C)NC(=O)Cc1ccccc1F. The fraction of sp³-hybridized carbons (Fsp3) is 0.533. The molecule has 1 rings (SSSR count). The van der Waals surface area contributed by atoms with Gasteiger partial charge in [0, 0.05) is 6.04 Å². The van der Waals surface area contributed by atoms with Crippen LogP contribution in [0.25, 0.3) is 0 Å². The molecule has 0 radical (unpaired) electrons. The standard InChI is InChI=1S/C15H22FNO/c1-3-4-5-8-12(2)17-15(18)11-13-9-6-7-10-14(13)16/h6-7,9-10,12H,3-5,8,11H2,1-2H3,(H,17,18). The summed E-state index contributed by atoms with van der Waals surface area (Å²) >= 11 is 0. The van der Waals surface area contributed by atoms with Gasteiger partial charge in [-0.25, -0.2) is 4.39 Å². The van der Waals surface area contributed by atoms with Crippen molar-refractivity contribution in [1.82, 2.24) is 5.32 Å². The van der Waals surface area contributed by atoms with Crippen molar-refractivity contribution < 1.29 is 9.18 Å². The molecule has 0 aliphatic carbocycles. The van der Waals surface area contributed by atoms with Crippen LogP contribution in [0.15, 0.2) is 24.3 Å². The first-order valence-electron chi connectivity index (χ1n) is 6.66. The van der Waals surface area contributed by atoms with Gasteiger partial charge in [-0.1, -0.05) is 44.4 Å². The van der Waals surface area contributed by atoms with Crippen molar-refractivity contribution in [3.63, 3.8) is 0 Å². The topological polar surface area (TPSA) is 29.1 Å². The summed E-state index contributed by atoms with van der Waals surface area (Å²) in [7, 11) is 0. The summed E-state index contributed by atoms with van der Waals surface area (Å²) in [4.78, 5) is 11.7. The van der Waals surface area contributed by atoms with Gasteiger partial charge in [-0.3, -0.25) is 4.79 Å². The molecule has 1 amide bonds. The number of benzene rings is 1. The number of carbonyl (C=O) groups excluding carboxylic acids is 1. The Morgan fingerprint density at radius 1 is 1.33 bits per heavy atom. The van der Waals surface area contributed by atoms with Crippen LogP contribution in [0.2, 0.25) is 0 Å². The lowest BCUT2D eigenvalue weighted by atomic mass is 10.1. The average Bonchev–Trinajstić information content (AvgIpc) is 2.32. The highest BCUT2D eigenvalue weighted by Crippen LogP contribution is 2.08. The second-order valence-electron chi connectivity index (χ2n) is 4.73. The number of hydrogen-bond donors (Lipinski definition) is 1. The predicted molar refractivity (Wildman–Crippen MR) is 71.9 cm³/mol. The molecule has 0 saturated heterocycles. The second kappa shape index (κ2) is 7.85. The molecular weight excluding hydrogens is 229 g/mol. The minimum absolute atomic E-state index is 0.107. The molecule has 0 bridgehead atoms. The third-order valence-corrected chi connectivity index (χ3v) is 2.96. The summed E-state index contributed by atoms with van der Waals surface area (Å²) in [6.07, 6.45) is 4.59. The normalized spacial score (nSPS) is 12.2. The number of carbonyl (C=O) groups is 1. The van der Waals surface area contributed by atoms with Crippen molar-refractivity contribution >= 4 is 5.91 Å². The van der Waals surface area contributed by atoms with Crippen LogP contribution in [0.1, 0.15) is 45.1 Å². The van der Waals surface area contributed by atoms with Crippen LogP contribution in [-0.4, -0.2) is 11.9 Å². The van der Waals surface area contributed by atoms with Crippen molar-refractivity contribution in [2.45, 2.75) is 52.0 Å². The number of unbranched alkanes of at least 4 members (excludes halogenated alkanes) is 2. The zero-order valence-corrected chi connectivity index (χ0v) is 11.2. The van der Waals surface area contributed by atoms with Crippen LogP contribution in [-0.2, 0) is 11.2 Å². The Hall–Kier alpha value is -1.38. The predicted octanol–water partition coefficient (Wildman–Crippen LogP) is 3.45. The maximum Gasteiger partial charge on any atom is 0.224 e. The van der Waals surface area contributed by atoms with E-state index in [4.69, 9.17) is 0 Å². The van der Waals surface area contributed by atoms with Crippen molar-refractivity contribution in [1.29, 1.82) is 0 Å². The van der Waals surface area contributed by atoms with Gasteiger partial charge in [0.2, 0.25) is 5.91 Å². The van der Waals surface area contributed by atoms with Crippen molar-refractivity contribution in [2.24, 2.45) is 0 Å². The van der Waals surface area contributed by atoms with Crippen molar-refractivity contribution in [3.8, 4) is 0 Å². The monoisotopic (exact) mass is 251 g/mol. The molecule has 0 saturated carbocycles. The molecule has 0 spiro atoms. The Balaban J connectivity index is 2.35. The first-order chi connectivity index (χ1) is 8.63. The first kappa shape index (κ1) is 14.7. The summed E-state index contributed by atoms with van der Waals surface area (Å²) < 4.78 is 13.4. The van der Waals surface area contributed by atoms with E-state index in [1.54, 1.807) is 18.2 Å². The number of hydrogen-bond acceptors (Lipinski definition) is 1. The van der Waals surface area contributed by atoms with E-state index in [1.807, 2.05) is 6.92 Å². The third kappa shape index (κ3) is 5.30. The molecule has 0 aliphatic rings. The van der Waals surface area contributed by atoms with E-state index in [0.29, 0.717) is 5.56 Å². The minimum atomic E-state index is -0.314. The zero-order chi connectivity index (χ0) is 13.4. The van der Waals surface area contributed by atoms with Gasteiger partial charge in [0.25, 0.3) is 0 Å². The highest BCUT2D eigenvalue weighted by molar-refractivity contribution is 5.78. The van der Waals surface area contributed by atoms with E-state index in [9.17, 15) is 9.18 Å². The van der Waals surface area contributed by atoms with Gasteiger partial charge >= 0.3 is 0 Å². The number of nitrogens with one attached hydrogen (secondary N) is 1. The number of rotatable bonds is 7. The minimum Gasteiger partial charge on any atom is -0.353 e. The van der Waals surface area contributed by atoms with Gasteiger partial charge in [-0.05, 0) is 25.0 Å². The van der Waals surface area contributed by atoms with Crippen molar-refractivity contribution in [2.75, 3.05) is 0 Å². The Labute approximate surface area is 109 Å². The molecule has 0 aromatic heterocycles. The molecule has 1 atom stereocenters. The lowest BCUT2D eigenvalue weighted by Gasteiger charge is -2.13. The van der Waals surface area contributed by atoms with Crippen LogP contribution >= 0.6 is 0 Å². The summed E-state index contributed by atoms with van der Waals surface area (Å²) in [5.74, 6) is -0.421. The number of amides is 1. The molecule has 1 aromatic rings. The van der Waals surface area contributed by atoms with E-state index in [-0.39, 0.29) is 24.2 Å². The summed E-state index contributed by atoms with van der Waals surface area (Å²) in [6.45, 7) is 4.15. The van der Waals surface area contributed by atoms with E-state index in [0.717, 1.165) is 12.8 Å². The van der Waals surface area contributed by atoms with Crippen LogP contribution in [0.3, 0.4) is 0 Å². The molecule has 0 fully saturated rings. The first-order valence-corrected chi connectivity index (χ1v) is 6.66. The summed E-state index contributed by atoms with van der Waals surface area (Å²) in [5.41, 5.74) is 0.454. The highest BCUT2D eigenvalue weighted by atomic mass is 19.1. The summed E-state index contributed by atoms with van der Waals surface area (Å²) in [5, 5.41) is 2.91. The van der Waals surface area contributed by atoms with Crippen LogP contribution < -0.4 is 5.32 Å². The van der Waals surface area contributed by atoms with Gasteiger partial charge in [0.1, 0.15) is 5.82 Å². The molecule has 1 unspecified atom stereocenters. The van der Waals surface area contributed by atoms with E-state index < -0.39 is 0 Å². The molecular formula is C15H22FNO. The van der Waals surface area contributed by atoms with Gasteiger partial charge < -0.3 is 5.32 Å². The molecule has 100 valence electrons. The highest BCUT2D eigenvalue weighted by Gasteiger charge is 2.10. The lowest BCUT2D eigenvalue weighted by Crippen LogP contribution is -2.33. The Morgan fingerprint density at radius 2 is 2.06 bits per heavy atom. The van der Waals surface area contributed by atoms with E-state index >= 15 is 0 Å². The van der Waals surface area contributed by atoms with E-state index in [1.165, 1.54) is 18.9 Å². The largest absolute Gasteiger partial charge is 0.353 e. The van der Waals surface area contributed by atoms with Gasteiger partial charge in [-0.2, -0.15) is 0 Å². The van der Waals surface area contributed by atoms with Crippen molar-refractivity contribution in [3.05, 3.63) is 35.6 Å². The maximum absolute atomic E-state index is 13.4. The molecule has 2 nitrogen and oxygen atoms in total. The molecule has 1 aromatic carbocycles. The zero-order valence-electron chi connectivity index (χ0n) is 11.2. The molecule has 18 heavy (non-hydrogen) atoms. The Kier molecular flexibility index (Phi) is 6.40. The Bertz CT molecular complexity index is 379. The molecule has 0 aliphatic heterocycles. The van der Waals surface area contributed by atoms with Gasteiger partial charge in [0.15, 0.2) is 0 Å². The summed E-state index contributed by atoms with van der Waals surface area (Å²) in [6, 6.07) is 6.57. The average molecular weight is 251 g/mol. The van der Waals surface area contributed by atoms with E-state index in [2.05, 4.69) is 12.2 Å². The fourth-order valence-electron chi connectivity index (χ4n) is 1.91. The lowest BCUT2D eigenvalue weighted by molar-refractivity contribution is -0.121. The Morgan fingerprint density at radius 3 is 2.72 bits per heavy atom.